The number of nitrogens with zero attached hydrogens (tertiary/aromatic N) is 2. The highest BCUT2D eigenvalue weighted by Crippen LogP contribution is 2.18. The molecule has 7 nitrogen and oxygen atoms in total. The molecule has 8 heteroatoms. The van der Waals surface area contributed by atoms with Crippen molar-refractivity contribution in [2.24, 2.45) is 0 Å². The van der Waals surface area contributed by atoms with Crippen LogP contribution in [0.4, 0.5) is 5.69 Å². The summed E-state index contributed by atoms with van der Waals surface area (Å²) in [7, 11) is -1.83. The first-order valence-electron chi connectivity index (χ1n) is 6.80. The molecule has 2 rings (SSSR count). The van der Waals surface area contributed by atoms with Crippen LogP contribution in [0.3, 0.4) is 0 Å². The van der Waals surface area contributed by atoms with Crippen molar-refractivity contribution in [1.29, 1.82) is 0 Å². The molecule has 0 aliphatic carbocycles. The van der Waals surface area contributed by atoms with E-state index in [0.29, 0.717) is 12.1 Å². The van der Waals surface area contributed by atoms with E-state index in [1.807, 2.05) is 0 Å². The highest BCUT2D eigenvalue weighted by molar-refractivity contribution is 7.88. The van der Waals surface area contributed by atoms with Crippen LogP contribution in [-0.4, -0.2) is 43.8 Å². The van der Waals surface area contributed by atoms with E-state index in [2.05, 4.69) is 5.32 Å². The molecule has 0 saturated carbocycles. The zero-order valence-electron chi connectivity index (χ0n) is 11.9. The lowest BCUT2D eigenvalue weighted by Gasteiger charge is -2.30. The second-order valence-corrected chi connectivity index (χ2v) is 7.22. The van der Waals surface area contributed by atoms with Crippen molar-refractivity contribution in [3.8, 4) is 0 Å². The second kappa shape index (κ2) is 6.50. The predicted molar refractivity (Wildman–Crippen MR) is 79.4 cm³/mol. The molecule has 21 heavy (non-hydrogen) atoms. The van der Waals surface area contributed by atoms with Crippen LogP contribution in [0.25, 0.3) is 0 Å². The predicted octanol–water partition coefficient (Wildman–Crippen LogP) is 1.11. The van der Waals surface area contributed by atoms with Gasteiger partial charge in [0.1, 0.15) is 0 Å². The first-order valence-corrected chi connectivity index (χ1v) is 8.41. The summed E-state index contributed by atoms with van der Waals surface area (Å²) in [5, 5.41) is 13.8. The van der Waals surface area contributed by atoms with Crippen LogP contribution in [0.1, 0.15) is 18.4 Å². The number of non-ortho nitro benzene ring substituents is 1. The lowest BCUT2D eigenvalue weighted by molar-refractivity contribution is -0.384. The molecule has 1 aromatic carbocycles. The summed E-state index contributed by atoms with van der Waals surface area (Å²) in [6, 6.07) is 5.60. The Hall–Kier alpha value is -1.51. The van der Waals surface area contributed by atoms with Gasteiger partial charge in [-0.15, -0.1) is 0 Å². The summed E-state index contributed by atoms with van der Waals surface area (Å²) in [5.74, 6) is -0.141. The Morgan fingerprint density at radius 3 is 2.57 bits per heavy atom. The Morgan fingerprint density at radius 2 is 2.05 bits per heavy atom. The van der Waals surface area contributed by atoms with E-state index in [4.69, 9.17) is 0 Å². The maximum Gasteiger partial charge on any atom is 0.269 e. The normalized spacial score (nSPS) is 19.6. The van der Waals surface area contributed by atoms with Crippen LogP contribution in [0.2, 0.25) is 0 Å². The molecule has 1 aliphatic rings. The van der Waals surface area contributed by atoms with Crippen LogP contribution < -0.4 is 5.32 Å². The average Bonchev–Trinajstić information content (AvgIpc) is 2.47. The SMILES string of the molecule is CN(C1CCCNC1)S(=O)(=O)Cc1ccc([N+](=O)[O-])cc1. The lowest BCUT2D eigenvalue weighted by atomic mass is 10.1. The molecular weight excluding hydrogens is 294 g/mol. The Bertz CT molecular complexity index is 594. The zero-order chi connectivity index (χ0) is 15.5. The fraction of sp³-hybridized carbons (Fsp3) is 0.538. The third-order valence-corrected chi connectivity index (χ3v) is 5.59. The number of likely N-dealkylation sites (N-methyl/N-ethyl adjacent to an activating group) is 1. The largest absolute Gasteiger partial charge is 0.315 e. The molecule has 1 aromatic rings. The molecule has 0 spiro atoms. The van der Waals surface area contributed by atoms with Gasteiger partial charge in [0.2, 0.25) is 10.0 Å². The van der Waals surface area contributed by atoms with Crippen molar-refractivity contribution in [2.75, 3.05) is 20.1 Å². The fourth-order valence-corrected chi connectivity index (χ4v) is 3.85. The van der Waals surface area contributed by atoms with Gasteiger partial charge in [0.05, 0.1) is 10.7 Å². The van der Waals surface area contributed by atoms with Gasteiger partial charge in [0.25, 0.3) is 5.69 Å². The molecule has 1 fully saturated rings. The number of nitro benzene ring substituents is 1. The molecule has 116 valence electrons. The first-order chi connectivity index (χ1) is 9.90. The Morgan fingerprint density at radius 1 is 1.38 bits per heavy atom. The van der Waals surface area contributed by atoms with Gasteiger partial charge in [-0.1, -0.05) is 12.1 Å². The summed E-state index contributed by atoms with van der Waals surface area (Å²) in [4.78, 5) is 10.1. The minimum atomic E-state index is -3.42. The maximum atomic E-state index is 12.4. The number of hydrogen-bond acceptors (Lipinski definition) is 5. The Balaban J connectivity index is 2.07. The maximum absolute atomic E-state index is 12.4. The number of nitro groups is 1. The molecule has 1 unspecified atom stereocenters. The number of hydrogen-bond donors (Lipinski definition) is 1. The number of rotatable bonds is 5. The summed E-state index contributed by atoms with van der Waals surface area (Å²) in [6.45, 7) is 1.59. The van der Waals surface area contributed by atoms with Crippen molar-refractivity contribution in [3.05, 3.63) is 39.9 Å². The van der Waals surface area contributed by atoms with Crippen LogP contribution in [0.5, 0.6) is 0 Å². The smallest absolute Gasteiger partial charge is 0.269 e. The van der Waals surface area contributed by atoms with E-state index in [1.165, 1.54) is 28.6 Å². The van der Waals surface area contributed by atoms with Gasteiger partial charge in [-0.3, -0.25) is 10.1 Å². The monoisotopic (exact) mass is 313 g/mol. The number of sulfonamides is 1. The van der Waals surface area contributed by atoms with E-state index < -0.39 is 14.9 Å². The molecule has 1 aliphatic heterocycles. The average molecular weight is 313 g/mol. The van der Waals surface area contributed by atoms with Gasteiger partial charge in [0, 0.05) is 31.8 Å². The van der Waals surface area contributed by atoms with E-state index in [9.17, 15) is 18.5 Å². The molecular formula is C13H19N3O4S. The van der Waals surface area contributed by atoms with E-state index in [-0.39, 0.29) is 17.5 Å². The highest BCUT2D eigenvalue weighted by Gasteiger charge is 2.27. The quantitative estimate of drug-likeness (QED) is 0.649. The van der Waals surface area contributed by atoms with Crippen LogP contribution in [-0.2, 0) is 15.8 Å². The van der Waals surface area contributed by atoms with Crippen molar-refractivity contribution < 1.29 is 13.3 Å². The summed E-state index contributed by atoms with van der Waals surface area (Å²) in [6.07, 6.45) is 1.81. The molecule has 0 aromatic heterocycles. The number of nitrogens with one attached hydrogen (secondary N) is 1. The third-order valence-electron chi connectivity index (χ3n) is 3.72. The van der Waals surface area contributed by atoms with Gasteiger partial charge in [0.15, 0.2) is 0 Å². The van der Waals surface area contributed by atoms with E-state index in [1.54, 1.807) is 7.05 Å². The van der Waals surface area contributed by atoms with Gasteiger partial charge >= 0.3 is 0 Å². The molecule has 0 amide bonds. The van der Waals surface area contributed by atoms with E-state index >= 15 is 0 Å². The molecule has 1 saturated heterocycles. The van der Waals surface area contributed by atoms with Crippen molar-refractivity contribution in [3.63, 3.8) is 0 Å². The zero-order valence-corrected chi connectivity index (χ0v) is 12.7. The number of piperidine rings is 1. The van der Waals surface area contributed by atoms with Crippen molar-refractivity contribution >= 4 is 15.7 Å². The minimum Gasteiger partial charge on any atom is -0.315 e. The van der Waals surface area contributed by atoms with Gasteiger partial charge in [-0.05, 0) is 24.9 Å². The standard InChI is InChI=1S/C13H19N3O4S/c1-15(13-3-2-8-14-9-13)21(19,20)10-11-4-6-12(7-5-11)16(17)18/h4-7,13-14H,2-3,8-10H2,1H3. The van der Waals surface area contributed by atoms with Gasteiger partial charge in [-0.25, -0.2) is 12.7 Å². The molecule has 1 heterocycles. The van der Waals surface area contributed by atoms with E-state index in [0.717, 1.165) is 19.4 Å². The summed E-state index contributed by atoms with van der Waals surface area (Å²) < 4.78 is 26.2. The Labute approximate surface area is 124 Å². The van der Waals surface area contributed by atoms with Crippen LogP contribution >= 0.6 is 0 Å². The van der Waals surface area contributed by atoms with Crippen LogP contribution in [0, 0.1) is 10.1 Å². The van der Waals surface area contributed by atoms with Gasteiger partial charge in [-0.2, -0.15) is 0 Å². The van der Waals surface area contributed by atoms with Crippen molar-refractivity contribution in [1.82, 2.24) is 9.62 Å². The number of benzene rings is 1. The molecule has 0 bridgehead atoms. The van der Waals surface area contributed by atoms with Gasteiger partial charge < -0.3 is 5.32 Å². The molecule has 1 atom stereocenters. The Kier molecular flexibility index (Phi) is 4.92. The second-order valence-electron chi connectivity index (χ2n) is 5.20. The third kappa shape index (κ3) is 3.99. The minimum absolute atomic E-state index is 0.0261. The highest BCUT2D eigenvalue weighted by atomic mass is 32.2. The summed E-state index contributed by atoms with van der Waals surface area (Å²) in [5.41, 5.74) is 0.511. The summed E-state index contributed by atoms with van der Waals surface area (Å²) >= 11 is 0. The first kappa shape index (κ1) is 15.9. The van der Waals surface area contributed by atoms with Crippen LogP contribution in [0.15, 0.2) is 24.3 Å². The van der Waals surface area contributed by atoms with Crippen molar-refractivity contribution in [2.45, 2.75) is 24.6 Å². The molecule has 1 N–H and O–H groups in total. The fourth-order valence-electron chi connectivity index (χ4n) is 2.40. The topological polar surface area (TPSA) is 92.6 Å². The molecule has 0 radical (unpaired) electrons. The lowest BCUT2D eigenvalue weighted by Crippen LogP contribution is -2.46.